The van der Waals surface area contributed by atoms with Gasteiger partial charge in [0.1, 0.15) is 13.2 Å². The fourth-order valence-corrected chi connectivity index (χ4v) is 3.45. The van der Waals surface area contributed by atoms with Crippen LogP contribution in [0.5, 0.6) is 11.5 Å². The van der Waals surface area contributed by atoms with Crippen LogP contribution in [-0.4, -0.2) is 33.8 Å². The molecule has 0 unspecified atom stereocenters. The average Bonchev–Trinajstić information content (AvgIpc) is 2.54. The van der Waals surface area contributed by atoms with E-state index in [-0.39, 0.29) is 17.2 Å². The van der Waals surface area contributed by atoms with Gasteiger partial charge in [0.2, 0.25) is 5.91 Å². The van der Waals surface area contributed by atoms with Crippen LogP contribution in [-0.2, 0) is 21.1 Å². The number of nitrogens with one attached hydrogen (secondary N) is 1. The van der Waals surface area contributed by atoms with Gasteiger partial charge in [-0.1, -0.05) is 18.2 Å². The normalized spacial score (nSPS) is 13.4. The molecule has 1 N–H and O–H groups in total. The lowest BCUT2D eigenvalue weighted by Crippen LogP contribution is -2.18. The van der Waals surface area contributed by atoms with Gasteiger partial charge in [0, 0.05) is 18.0 Å². The van der Waals surface area contributed by atoms with E-state index >= 15 is 0 Å². The minimum absolute atomic E-state index is 0.0301. The van der Waals surface area contributed by atoms with Crippen molar-refractivity contribution < 1.29 is 22.7 Å². The molecule has 0 saturated heterocycles. The molecule has 2 aromatic carbocycles. The number of carbonyl (C=O) groups is 1. The average molecular weight is 347 g/mol. The number of hydrogen-bond donors (Lipinski definition) is 1. The van der Waals surface area contributed by atoms with Crippen LogP contribution >= 0.6 is 0 Å². The largest absolute Gasteiger partial charge is 0.486 e. The van der Waals surface area contributed by atoms with E-state index in [4.69, 9.17) is 9.47 Å². The number of sulfone groups is 1. The van der Waals surface area contributed by atoms with E-state index < -0.39 is 9.84 Å². The van der Waals surface area contributed by atoms with E-state index in [0.717, 1.165) is 6.26 Å². The Morgan fingerprint density at radius 1 is 1.08 bits per heavy atom. The molecule has 0 radical (unpaired) electrons. The van der Waals surface area contributed by atoms with Crippen molar-refractivity contribution in [2.75, 3.05) is 24.8 Å². The van der Waals surface area contributed by atoms with Crippen LogP contribution in [0.3, 0.4) is 0 Å². The van der Waals surface area contributed by atoms with E-state index in [1.807, 2.05) is 0 Å². The number of rotatable bonds is 4. The Balaban J connectivity index is 1.75. The van der Waals surface area contributed by atoms with Crippen LogP contribution in [0, 0.1) is 0 Å². The second kappa shape index (κ2) is 6.52. The highest BCUT2D eigenvalue weighted by molar-refractivity contribution is 7.90. The SMILES string of the molecule is CS(=O)(=O)c1ccccc1CC(=O)Nc1ccc2c(c1)OCCO2. The van der Waals surface area contributed by atoms with Crippen molar-refractivity contribution in [2.45, 2.75) is 11.3 Å². The zero-order chi connectivity index (χ0) is 17.2. The van der Waals surface area contributed by atoms with E-state index in [1.165, 1.54) is 6.07 Å². The second-order valence-electron chi connectivity index (χ2n) is 5.46. The number of amides is 1. The van der Waals surface area contributed by atoms with Gasteiger partial charge in [-0.3, -0.25) is 4.79 Å². The van der Waals surface area contributed by atoms with E-state index in [0.29, 0.717) is 36.0 Å². The van der Waals surface area contributed by atoms with Gasteiger partial charge in [0.15, 0.2) is 21.3 Å². The number of benzene rings is 2. The Bertz CT molecular complexity index is 876. The molecule has 2 aromatic rings. The number of ether oxygens (including phenoxy) is 2. The predicted octanol–water partition coefficient (Wildman–Crippen LogP) is 2.04. The molecule has 7 heteroatoms. The summed E-state index contributed by atoms with van der Waals surface area (Å²) in [6.45, 7) is 0.965. The van der Waals surface area contributed by atoms with Gasteiger partial charge in [0.05, 0.1) is 11.3 Å². The highest BCUT2D eigenvalue weighted by Crippen LogP contribution is 2.32. The van der Waals surface area contributed by atoms with Crippen LogP contribution < -0.4 is 14.8 Å². The molecule has 126 valence electrons. The maximum atomic E-state index is 12.3. The minimum atomic E-state index is -3.38. The van der Waals surface area contributed by atoms with Gasteiger partial charge in [0.25, 0.3) is 0 Å². The summed E-state index contributed by atoms with van der Waals surface area (Å²) < 4.78 is 34.5. The van der Waals surface area contributed by atoms with E-state index in [2.05, 4.69) is 5.32 Å². The van der Waals surface area contributed by atoms with Crippen molar-refractivity contribution in [3.05, 3.63) is 48.0 Å². The van der Waals surface area contributed by atoms with Crippen molar-refractivity contribution >= 4 is 21.4 Å². The van der Waals surface area contributed by atoms with Crippen LogP contribution in [0.4, 0.5) is 5.69 Å². The summed E-state index contributed by atoms with van der Waals surface area (Å²) in [4.78, 5) is 12.4. The van der Waals surface area contributed by atoms with Gasteiger partial charge in [-0.05, 0) is 23.8 Å². The molecule has 3 rings (SSSR count). The lowest BCUT2D eigenvalue weighted by molar-refractivity contribution is -0.115. The number of hydrogen-bond acceptors (Lipinski definition) is 5. The second-order valence-corrected chi connectivity index (χ2v) is 7.45. The molecule has 1 heterocycles. The van der Waals surface area contributed by atoms with Gasteiger partial charge in [-0.25, -0.2) is 8.42 Å². The number of carbonyl (C=O) groups excluding carboxylic acids is 1. The molecule has 0 atom stereocenters. The fraction of sp³-hybridized carbons (Fsp3) is 0.235. The van der Waals surface area contributed by atoms with E-state index in [1.54, 1.807) is 36.4 Å². The third-order valence-corrected chi connectivity index (χ3v) is 4.75. The first kappa shape index (κ1) is 16.3. The molecule has 0 bridgehead atoms. The van der Waals surface area contributed by atoms with Crippen LogP contribution in [0.15, 0.2) is 47.4 Å². The molecule has 0 saturated carbocycles. The molecule has 1 aliphatic heterocycles. The third kappa shape index (κ3) is 3.68. The Labute approximate surface area is 140 Å². The minimum Gasteiger partial charge on any atom is -0.486 e. The van der Waals surface area contributed by atoms with Gasteiger partial charge in [-0.15, -0.1) is 0 Å². The Morgan fingerprint density at radius 3 is 2.54 bits per heavy atom. The molecule has 24 heavy (non-hydrogen) atoms. The smallest absolute Gasteiger partial charge is 0.228 e. The topological polar surface area (TPSA) is 81.7 Å². The van der Waals surface area contributed by atoms with Crippen LogP contribution in [0.25, 0.3) is 0 Å². The molecule has 6 nitrogen and oxygen atoms in total. The first-order valence-electron chi connectivity index (χ1n) is 7.41. The Kier molecular flexibility index (Phi) is 4.44. The van der Waals surface area contributed by atoms with Crippen molar-refractivity contribution in [3.8, 4) is 11.5 Å². The Hall–Kier alpha value is -2.54. The zero-order valence-electron chi connectivity index (χ0n) is 13.1. The molecular weight excluding hydrogens is 330 g/mol. The lowest BCUT2D eigenvalue weighted by Gasteiger charge is -2.19. The monoisotopic (exact) mass is 347 g/mol. The quantitative estimate of drug-likeness (QED) is 0.915. The number of anilines is 1. The lowest BCUT2D eigenvalue weighted by atomic mass is 10.1. The fourth-order valence-electron chi connectivity index (χ4n) is 2.51. The highest BCUT2D eigenvalue weighted by Gasteiger charge is 2.16. The van der Waals surface area contributed by atoms with Gasteiger partial charge >= 0.3 is 0 Å². The highest BCUT2D eigenvalue weighted by atomic mass is 32.2. The molecular formula is C17H17NO5S. The summed E-state index contributed by atoms with van der Waals surface area (Å²) in [5.41, 5.74) is 1.04. The first-order chi connectivity index (χ1) is 11.4. The summed E-state index contributed by atoms with van der Waals surface area (Å²) in [6.07, 6.45) is 1.10. The zero-order valence-corrected chi connectivity index (χ0v) is 13.9. The van der Waals surface area contributed by atoms with Crippen molar-refractivity contribution in [2.24, 2.45) is 0 Å². The summed E-state index contributed by atoms with van der Waals surface area (Å²) in [7, 11) is -3.38. The predicted molar refractivity (Wildman–Crippen MR) is 89.3 cm³/mol. The van der Waals surface area contributed by atoms with Crippen molar-refractivity contribution in [1.82, 2.24) is 0 Å². The molecule has 0 fully saturated rings. The Morgan fingerprint density at radius 2 is 1.79 bits per heavy atom. The maximum absolute atomic E-state index is 12.3. The third-order valence-electron chi connectivity index (χ3n) is 3.55. The molecule has 0 aromatic heterocycles. The summed E-state index contributed by atoms with van der Waals surface area (Å²) in [5, 5.41) is 2.75. The van der Waals surface area contributed by atoms with E-state index in [9.17, 15) is 13.2 Å². The summed E-state index contributed by atoms with van der Waals surface area (Å²) >= 11 is 0. The molecule has 0 spiro atoms. The standard InChI is InChI=1S/C17H17NO5S/c1-24(20,21)16-5-3-2-4-12(16)10-17(19)18-13-6-7-14-15(11-13)23-9-8-22-14/h2-7,11H,8-10H2,1H3,(H,18,19). The van der Waals surface area contributed by atoms with Crippen molar-refractivity contribution in [3.63, 3.8) is 0 Å². The van der Waals surface area contributed by atoms with Crippen molar-refractivity contribution in [1.29, 1.82) is 0 Å². The van der Waals surface area contributed by atoms with Crippen LogP contribution in [0.1, 0.15) is 5.56 Å². The van der Waals surface area contributed by atoms with Crippen LogP contribution in [0.2, 0.25) is 0 Å². The maximum Gasteiger partial charge on any atom is 0.228 e. The molecule has 1 amide bonds. The van der Waals surface area contributed by atoms with Gasteiger partial charge < -0.3 is 14.8 Å². The summed E-state index contributed by atoms with van der Waals surface area (Å²) in [6, 6.07) is 11.6. The molecule has 1 aliphatic rings. The number of fused-ring (bicyclic) bond motifs is 1. The first-order valence-corrected chi connectivity index (χ1v) is 9.30. The van der Waals surface area contributed by atoms with Gasteiger partial charge in [-0.2, -0.15) is 0 Å². The molecule has 0 aliphatic carbocycles. The summed E-state index contributed by atoms with van der Waals surface area (Å²) in [5.74, 6) is 0.917.